The molecule has 1 aromatic carbocycles. The van der Waals surface area contributed by atoms with E-state index in [2.05, 4.69) is 12.1 Å². The monoisotopic (exact) mass is 412 g/mol. The molecule has 0 saturated carbocycles. The third kappa shape index (κ3) is 4.08. The number of carbonyl (C=O) groups is 1. The van der Waals surface area contributed by atoms with E-state index in [1.165, 1.54) is 34.2 Å². The summed E-state index contributed by atoms with van der Waals surface area (Å²) in [5, 5.41) is 1.58. The van der Waals surface area contributed by atoms with Crippen molar-refractivity contribution in [2.45, 2.75) is 57.1 Å². The van der Waals surface area contributed by atoms with Crippen molar-refractivity contribution in [2.75, 3.05) is 5.75 Å². The first kappa shape index (κ1) is 19.4. The summed E-state index contributed by atoms with van der Waals surface area (Å²) in [6.45, 7) is 2.21. The molecule has 3 aromatic rings. The maximum absolute atomic E-state index is 13.4. The van der Waals surface area contributed by atoms with Gasteiger partial charge in [-0.15, -0.1) is 11.3 Å². The van der Waals surface area contributed by atoms with Crippen LogP contribution in [0.5, 0.6) is 0 Å². The van der Waals surface area contributed by atoms with Crippen LogP contribution in [-0.2, 0) is 30.6 Å². The predicted octanol–water partition coefficient (Wildman–Crippen LogP) is 4.65. The van der Waals surface area contributed by atoms with E-state index in [1.54, 1.807) is 18.3 Å². The molecule has 6 heteroatoms. The van der Waals surface area contributed by atoms with Crippen LogP contribution in [0.4, 0.5) is 0 Å². The number of carbonyl (C=O) groups excluding carboxylic acids is 1. The van der Waals surface area contributed by atoms with Gasteiger partial charge in [0.1, 0.15) is 10.6 Å². The summed E-state index contributed by atoms with van der Waals surface area (Å²) in [6.07, 6.45) is 5.69. The van der Waals surface area contributed by atoms with Crippen molar-refractivity contribution in [3.05, 3.63) is 56.7 Å². The Morgan fingerprint density at radius 1 is 1.21 bits per heavy atom. The highest BCUT2D eigenvalue weighted by Crippen LogP contribution is 2.34. The van der Waals surface area contributed by atoms with Crippen molar-refractivity contribution in [1.82, 2.24) is 9.55 Å². The molecule has 0 aliphatic heterocycles. The maximum atomic E-state index is 13.4. The normalized spacial score (nSPS) is 13.6. The van der Waals surface area contributed by atoms with Crippen molar-refractivity contribution in [3.8, 4) is 0 Å². The predicted molar refractivity (Wildman–Crippen MR) is 117 cm³/mol. The van der Waals surface area contributed by atoms with Crippen LogP contribution in [0.15, 0.2) is 40.3 Å². The average Bonchev–Trinajstić information content (AvgIpc) is 3.06. The number of aromatic nitrogens is 2. The van der Waals surface area contributed by atoms with Gasteiger partial charge in [0.15, 0.2) is 5.16 Å². The summed E-state index contributed by atoms with van der Waals surface area (Å²) in [5.74, 6) is 0.822. The second-order valence-electron chi connectivity index (χ2n) is 7.28. The molecule has 0 bridgehead atoms. The Hall–Kier alpha value is -1.92. The van der Waals surface area contributed by atoms with E-state index in [1.807, 2.05) is 22.8 Å². The van der Waals surface area contributed by atoms with Crippen molar-refractivity contribution in [1.29, 1.82) is 0 Å². The Morgan fingerprint density at radius 2 is 2.00 bits per heavy atom. The lowest BCUT2D eigenvalue weighted by Crippen LogP contribution is -2.25. The molecule has 1 aliphatic rings. The number of Topliss-reactive ketones (excluding diaryl/α,β-unsaturated/α-hetero) is 1. The van der Waals surface area contributed by atoms with Gasteiger partial charge < -0.3 is 0 Å². The zero-order chi connectivity index (χ0) is 19.5. The zero-order valence-corrected chi connectivity index (χ0v) is 17.7. The van der Waals surface area contributed by atoms with Gasteiger partial charge in [0, 0.05) is 23.6 Å². The molecule has 0 atom stereocenters. The first-order valence-electron chi connectivity index (χ1n) is 9.84. The van der Waals surface area contributed by atoms with E-state index in [0.717, 1.165) is 41.1 Å². The number of thiophene rings is 1. The number of thioether (sulfide) groups is 1. The minimum absolute atomic E-state index is 0.0886. The van der Waals surface area contributed by atoms with Gasteiger partial charge in [-0.05, 0) is 50.2 Å². The molecule has 28 heavy (non-hydrogen) atoms. The quantitative estimate of drug-likeness (QED) is 0.419. The van der Waals surface area contributed by atoms with Crippen LogP contribution in [0.25, 0.3) is 10.2 Å². The van der Waals surface area contributed by atoms with E-state index >= 15 is 0 Å². The zero-order valence-electron chi connectivity index (χ0n) is 16.1. The minimum atomic E-state index is 0.0886. The van der Waals surface area contributed by atoms with Crippen LogP contribution >= 0.6 is 23.1 Å². The lowest BCUT2D eigenvalue weighted by atomic mass is 9.97. The van der Waals surface area contributed by atoms with Gasteiger partial charge in [0.05, 0.1) is 5.39 Å². The van der Waals surface area contributed by atoms with Gasteiger partial charge in [-0.25, -0.2) is 4.98 Å². The number of ketones is 1. The van der Waals surface area contributed by atoms with E-state index in [0.29, 0.717) is 18.7 Å². The smallest absolute Gasteiger partial charge is 0.263 e. The number of hydrogen-bond donors (Lipinski definition) is 0. The summed E-state index contributed by atoms with van der Waals surface area (Å²) in [5.41, 5.74) is 2.53. The number of aryl methyl sites for hydroxylation is 3. The minimum Gasteiger partial charge on any atom is -0.300 e. The average molecular weight is 413 g/mol. The highest BCUT2D eigenvalue weighted by Gasteiger charge is 2.22. The van der Waals surface area contributed by atoms with Gasteiger partial charge in [-0.3, -0.25) is 14.2 Å². The van der Waals surface area contributed by atoms with Gasteiger partial charge in [0.25, 0.3) is 5.56 Å². The number of rotatable bonds is 7. The Balaban J connectivity index is 1.73. The third-order valence-corrected chi connectivity index (χ3v) is 7.36. The molecule has 146 valence electrons. The molecule has 0 unspecified atom stereocenters. The molecule has 0 amide bonds. The van der Waals surface area contributed by atoms with Crippen LogP contribution in [-0.4, -0.2) is 21.1 Å². The van der Waals surface area contributed by atoms with Crippen LogP contribution in [0.1, 0.15) is 42.2 Å². The molecule has 4 rings (SSSR count). The van der Waals surface area contributed by atoms with Crippen LogP contribution in [0, 0.1) is 0 Å². The summed E-state index contributed by atoms with van der Waals surface area (Å²) >= 11 is 3.21. The number of nitrogens with zero attached hydrogens (tertiary/aromatic N) is 2. The first-order valence-corrected chi connectivity index (χ1v) is 11.6. The van der Waals surface area contributed by atoms with Gasteiger partial charge in [0.2, 0.25) is 0 Å². The second-order valence-corrected chi connectivity index (χ2v) is 9.42. The van der Waals surface area contributed by atoms with Crippen LogP contribution in [0.3, 0.4) is 0 Å². The van der Waals surface area contributed by atoms with Gasteiger partial charge >= 0.3 is 0 Å². The molecular weight excluding hydrogens is 388 g/mol. The van der Waals surface area contributed by atoms with Crippen LogP contribution in [0.2, 0.25) is 0 Å². The van der Waals surface area contributed by atoms with E-state index < -0.39 is 0 Å². The molecule has 2 aromatic heterocycles. The van der Waals surface area contributed by atoms with Gasteiger partial charge in [-0.2, -0.15) is 0 Å². The van der Waals surface area contributed by atoms with E-state index in [4.69, 9.17) is 4.98 Å². The van der Waals surface area contributed by atoms with E-state index in [-0.39, 0.29) is 11.3 Å². The maximum Gasteiger partial charge on any atom is 0.263 e. The molecular formula is C22H24N2O2S2. The SMILES string of the molecule is CC(=O)CCSc1nc2sc3c(c2c(=O)n1CCc1ccccc1)CCCC3. The molecule has 0 N–H and O–H groups in total. The first-order chi connectivity index (χ1) is 13.6. The molecule has 2 heterocycles. The number of hydrogen-bond acceptors (Lipinski definition) is 5. The third-order valence-electron chi connectivity index (χ3n) is 5.19. The summed E-state index contributed by atoms with van der Waals surface area (Å²) in [7, 11) is 0. The summed E-state index contributed by atoms with van der Waals surface area (Å²) in [4.78, 5) is 31.9. The number of benzene rings is 1. The Kier molecular flexibility index (Phi) is 5.97. The van der Waals surface area contributed by atoms with Crippen molar-refractivity contribution < 1.29 is 4.79 Å². The topological polar surface area (TPSA) is 52.0 Å². The molecule has 0 saturated heterocycles. The molecule has 0 spiro atoms. The Bertz CT molecular complexity index is 1050. The highest BCUT2D eigenvalue weighted by molar-refractivity contribution is 7.99. The van der Waals surface area contributed by atoms with Crippen LogP contribution < -0.4 is 5.56 Å². The summed E-state index contributed by atoms with van der Waals surface area (Å²) in [6, 6.07) is 10.2. The fourth-order valence-electron chi connectivity index (χ4n) is 3.70. The standard InChI is InChI=1S/C22H24N2O2S2/c1-15(25)12-14-27-22-23-20-19(17-9-5-6-10-18(17)28-20)21(26)24(22)13-11-16-7-3-2-4-8-16/h2-4,7-8H,5-6,9-14H2,1H3. The van der Waals surface area contributed by atoms with E-state index in [9.17, 15) is 9.59 Å². The number of fused-ring (bicyclic) bond motifs is 3. The largest absolute Gasteiger partial charge is 0.300 e. The molecule has 0 radical (unpaired) electrons. The van der Waals surface area contributed by atoms with Gasteiger partial charge in [-0.1, -0.05) is 42.1 Å². The second kappa shape index (κ2) is 8.62. The van der Waals surface area contributed by atoms with Crippen molar-refractivity contribution >= 4 is 39.1 Å². The van der Waals surface area contributed by atoms with Crippen molar-refractivity contribution in [2.24, 2.45) is 0 Å². The lowest BCUT2D eigenvalue weighted by molar-refractivity contribution is -0.116. The fourth-order valence-corrected chi connectivity index (χ4v) is 6.07. The molecule has 0 fully saturated rings. The molecule has 1 aliphatic carbocycles. The lowest BCUT2D eigenvalue weighted by Gasteiger charge is -2.13. The fraction of sp³-hybridized carbons (Fsp3) is 0.409. The Morgan fingerprint density at radius 3 is 2.79 bits per heavy atom. The van der Waals surface area contributed by atoms with Crippen molar-refractivity contribution in [3.63, 3.8) is 0 Å². The summed E-state index contributed by atoms with van der Waals surface area (Å²) < 4.78 is 1.84. The molecule has 4 nitrogen and oxygen atoms in total. The highest BCUT2D eigenvalue weighted by atomic mass is 32.2. The Labute approximate surface area is 173 Å².